The van der Waals surface area contributed by atoms with E-state index in [9.17, 15) is 9.18 Å². The second-order valence-electron chi connectivity index (χ2n) is 2.99. The predicted molar refractivity (Wildman–Crippen MR) is 50.0 cm³/mol. The van der Waals surface area contributed by atoms with Gasteiger partial charge in [0.05, 0.1) is 6.42 Å². The van der Waals surface area contributed by atoms with Gasteiger partial charge in [-0.3, -0.25) is 4.79 Å². The molecule has 4 nitrogen and oxygen atoms in total. The fraction of sp³-hybridized carbons (Fsp3) is 0.222. The third-order valence-corrected chi connectivity index (χ3v) is 1.82. The molecule has 5 heteroatoms. The van der Waals surface area contributed by atoms with Crippen molar-refractivity contribution in [1.29, 1.82) is 0 Å². The van der Waals surface area contributed by atoms with Gasteiger partial charge in [-0.05, 0) is 12.1 Å². The van der Waals surface area contributed by atoms with Crippen molar-refractivity contribution in [2.24, 2.45) is 5.73 Å². The maximum atomic E-state index is 13.2. The number of halogens is 1. The third kappa shape index (κ3) is 2.43. The van der Waals surface area contributed by atoms with Crippen molar-refractivity contribution >= 4 is 11.7 Å². The molecule has 76 valence electrons. The third-order valence-electron chi connectivity index (χ3n) is 1.82. The van der Waals surface area contributed by atoms with Crippen LogP contribution in [0.15, 0.2) is 18.2 Å². The van der Waals surface area contributed by atoms with Crippen molar-refractivity contribution < 1.29 is 14.3 Å². The minimum absolute atomic E-state index is 0.168. The van der Waals surface area contributed by atoms with E-state index in [2.05, 4.69) is 0 Å². The molecular weight excluding hydrogens is 187 g/mol. The molecule has 0 aliphatic carbocycles. The van der Waals surface area contributed by atoms with Crippen LogP contribution < -0.4 is 11.5 Å². The lowest BCUT2D eigenvalue weighted by molar-refractivity contribution is -0.137. The van der Waals surface area contributed by atoms with Crippen LogP contribution in [-0.4, -0.2) is 11.1 Å². The summed E-state index contributed by atoms with van der Waals surface area (Å²) >= 11 is 0. The molecule has 0 heterocycles. The SMILES string of the molecule is Nc1ccc([C@H](N)CC(=O)O)c(F)c1. The number of benzene rings is 1. The van der Waals surface area contributed by atoms with Crippen LogP contribution in [0.5, 0.6) is 0 Å². The monoisotopic (exact) mass is 198 g/mol. The number of nitrogen functional groups attached to an aromatic ring is 1. The summed E-state index contributed by atoms with van der Waals surface area (Å²) in [4.78, 5) is 10.3. The topological polar surface area (TPSA) is 89.3 Å². The van der Waals surface area contributed by atoms with Crippen LogP contribution >= 0.6 is 0 Å². The second-order valence-corrected chi connectivity index (χ2v) is 2.99. The lowest BCUT2D eigenvalue weighted by Gasteiger charge is -2.10. The van der Waals surface area contributed by atoms with Gasteiger partial charge < -0.3 is 16.6 Å². The first-order chi connectivity index (χ1) is 6.50. The minimum Gasteiger partial charge on any atom is -0.481 e. The summed E-state index contributed by atoms with van der Waals surface area (Å²) in [6, 6.07) is 3.17. The molecule has 0 amide bonds. The maximum Gasteiger partial charge on any atom is 0.305 e. The van der Waals surface area contributed by atoms with Gasteiger partial charge in [-0.1, -0.05) is 6.07 Å². The van der Waals surface area contributed by atoms with E-state index in [0.29, 0.717) is 0 Å². The summed E-state index contributed by atoms with van der Waals surface area (Å²) in [5.74, 6) is -1.63. The lowest BCUT2D eigenvalue weighted by Crippen LogP contribution is -2.16. The highest BCUT2D eigenvalue weighted by molar-refractivity contribution is 5.68. The molecule has 0 aliphatic rings. The zero-order chi connectivity index (χ0) is 10.7. The number of hydrogen-bond acceptors (Lipinski definition) is 3. The average molecular weight is 198 g/mol. The standard InChI is InChI=1S/C9H11FN2O2/c10-7-3-5(11)1-2-6(7)8(12)4-9(13)14/h1-3,8H,4,11-12H2,(H,13,14)/t8-/m1/s1. The van der Waals surface area contributed by atoms with E-state index in [0.717, 1.165) is 6.07 Å². The predicted octanol–water partition coefficient (Wildman–Crippen LogP) is 0.882. The molecule has 1 aromatic carbocycles. The summed E-state index contributed by atoms with van der Waals surface area (Å²) in [7, 11) is 0. The summed E-state index contributed by atoms with van der Waals surface area (Å²) in [6.07, 6.45) is -0.305. The highest BCUT2D eigenvalue weighted by atomic mass is 19.1. The van der Waals surface area contributed by atoms with Crippen molar-refractivity contribution in [3.8, 4) is 0 Å². The molecule has 0 bridgehead atoms. The Kier molecular flexibility index (Phi) is 3.03. The number of carboxylic acids is 1. The van der Waals surface area contributed by atoms with Crippen LogP contribution in [0.25, 0.3) is 0 Å². The average Bonchev–Trinajstić information content (AvgIpc) is 2.01. The number of nitrogens with two attached hydrogens (primary N) is 2. The summed E-state index contributed by atoms with van der Waals surface area (Å²) in [6.45, 7) is 0. The molecule has 0 saturated heterocycles. The first-order valence-electron chi connectivity index (χ1n) is 4.03. The number of rotatable bonds is 3. The molecule has 0 fully saturated rings. The van der Waals surface area contributed by atoms with E-state index in [1.54, 1.807) is 0 Å². The van der Waals surface area contributed by atoms with Gasteiger partial charge in [0.15, 0.2) is 0 Å². The van der Waals surface area contributed by atoms with Crippen LogP contribution in [0.1, 0.15) is 18.0 Å². The number of carboxylic acid groups (broad SMARTS) is 1. The first kappa shape index (κ1) is 10.5. The van der Waals surface area contributed by atoms with Gasteiger partial charge in [-0.15, -0.1) is 0 Å². The zero-order valence-corrected chi connectivity index (χ0v) is 7.40. The molecule has 0 aliphatic heterocycles. The molecule has 0 unspecified atom stereocenters. The van der Waals surface area contributed by atoms with Gasteiger partial charge >= 0.3 is 5.97 Å². The van der Waals surface area contributed by atoms with Crippen molar-refractivity contribution in [3.63, 3.8) is 0 Å². The van der Waals surface area contributed by atoms with Gasteiger partial charge in [-0.2, -0.15) is 0 Å². The zero-order valence-electron chi connectivity index (χ0n) is 7.40. The Morgan fingerprint density at radius 2 is 2.21 bits per heavy atom. The van der Waals surface area contributed by atoms with E-state index in [-0.39, 0.29) is 17.7 Å². The van der Waals surface area contributed by atoms with E-state index in [1.165, 1.54) is 12.1 Å². The molecule has 0 saturated carbocycles. The number of carbonyl (C=O) groups is 1. The Hall–Kier alpha value is -1.62. The molecular formula is C9H11FN2O2. The van der Waals surface area contributed by atoms with Gasteiger partial charge in [0.25, 0.3) is 0 Å². The van der Waals surface area contributed by atoms with Crippen LogP contribution in [0, 0.1) is 5.82 Å². The smallest absolute Gasteiger partial charge is 0.305 e. The molecule has 1 aromatic rings. The number of hydrogen-bond donors (Lipinski definition) is 3. The van der Waals surface area contributed by atoms with Crippen LogP contribution in [0.2, 0.25) is 0 Å². The fourth-order valence-electron chi connectivity index (χ4n) is 1.14. The van der Waals surface area contributed by atoms with Gasteiger partial charge in [0.2, 0.25) is 0 Å². The Labute approximate surface area is 80.3 Å². The molecule has 1 atom stereocenters. The quantitative estimate of drug-likeness (QED) is 0.629. The fourth-order valence-corrected chi connectivity index (χ4v) is 1.14. The highest BCUT2D eigenvalue weighted by Gasteiger charge is 2.14. The van der Waals surface area contributed by atoms with E-state index in [1.807, 2.05) is 0 Å². The maximum absolute atomic E-state index is 13.2. The molecule has 0 spiro atoms. The van der Waals surface area contributed by atoms with Crippen LogP contribution in [-0.2, 0) is 4.79 Å². The van der Waals surface area contributed by atoms with Crippen molar-refractivity contribution in [2.75, 3.05) is 5.73 Å². The first-order valence-corrected chi connectivity index (χ1v) is 4.03. The highest BCUT2D eigenvalue weighted by Crippen LogP contribution is 2.19. The van der Waals surface area contributed by atoms with Crippen LogP contribution in [0.4, 0.5) is 10.1 Å². The Morgan fingerprint density at radius 1 is 1.57 bits per heavy atom. The van der Waals surface area contributed by atoms with E-state index < -0.39 is 17.8 Å². The Bertz CT molecular complexity index is 355. The molecule has 0 radical (unpaired) electrons. The van der Waals surface area contributed by atoms with Crippen molar-refractivity contribution in [2.45, 2.75) is 12.5 Å². The largest absolute Gasteiger partial charge is 0.481 e. The van der Waals surface area contributed by atoms with Gasteiger partial charge in [0.1, 0.15) is 5.82 Å². The Morgan fingerprint density at radius 3 is 2.71 bits per heavy atom. The summed E-state index contributed by atoms with van der Waals surface area (Å²) in [5, 5.41) is 8.46. The number of aliphatic carboxylic acids is 1. The number of anilines is 1. The van der Waals surface area contributed by atoms with Crippen molar-refractivity contribution in [1.82, 2.24) is 0 Å². The van der Waals surface area contributed by atoms with Crippen LogP contribution in [0.3, 0.4) is 0 Å². The lowest BCUT2D eigenvalue weighted by atomic mass is 10.0. The van der Waals surface area contributed by atoms with Gasteiger partial charge in [-0.25, -0.2) is 4.39 Å². The molecule has 14 heavy (non-hydrogen) atoms. The molecule has 1 rings (SSSR count). The summed E-state index contributed by atoms with van der Waals surface area (Å²) in [5.41, 5.74) is 11.3. The molecule has 5 N–H and O–H groups in total. The van der Waals surface area contributed by atoms with Gasteiger partial charge in [0, 0.05) is 17.3 Å². The van der Waals surface area contributed by atoms with Crippen molar-refractivity contribution in [3.05, 3.63) is 29.6 Å². The van der Waals surface area contributed by atoms with E-state index >= 15 is 0 Å². The Balaban J connectivity index is 2.90. The second kappa shape index (κ2) is 4.06. The molecule has 0 aromatic heterocycles. The minimum atomic E-state index is -1.06. The normalized spacial score (nSPS) is 12.4. The van der Waals surface area contributed by atoms with E-state index in [4.69, 9.17) is 16.6 Å². The summed E-state index contributed by atoms with van der Waals surface area (Å²) < 4.78 is 13.2.